The second kappa shape index (κ2) is 8.47. The largest absolute Gasteiger partial charge is 0.455 e. The summed E-state index contributed by atoms with van der Waals surface area (Å²) in [6, 6.07) is 11.5. The van der Waals surface area contributed by atoms with Crippen molar-refractivity contribution in [3.05, 3.63) is 58.7 Å². The van der Waals surface area contributed by atoms with Crippen molar-refractivity contribution < 1.29 is 19.1 Å². The van der Waals surface area contributed by atoms with Crippen LogP contribution in [0.5, 0.6) is 0 Å². The number of anilines is 2. The van der Waals surface area contributed by atoms with Crippen molar-refractivity contribution >= 4 is 29.2 Å². The van der Waals surface area contributed by atoms with Gasteiger partial charge in [0.05, 0.1) is 5.92 Å². The molecule has 1 fully saturated rings. The number of benzene rings is 2. The summed E-state index contributed by atoms with van der Waals surface area (Å²) in [5.41, 5.74) is 5.56. The van der Waals surface area contributed by atoms with Crippen LogP contribution in [-0.4, -0.2) is 30.9 Å². The normalized spacial score (nSPS) is 16.1. The lowest BCUT2D eigenvalue weighted by atomic mass is 10.1. The molecule has 0 bridgehead atoms. The van der Waals surface area contributed by atoms with Crippen molar-refractivity contribution in [3.63, 3.8) is 0 Å². The first-order valence-electron chi connectivity index (χ1n) is 9.66. The molecule has 6 nitrogen and oxygen atoms in total. The molecule has 1 N–H and O–H groups in total. The summed E-state index contributed by atoms with van der Waals surface area (Å²) in [5.74, 6) is -1.61. The lowest BCUT2D eigenvalue weighted by Crippen LogP contribution is -2.29. The van der Waals surface area contributed by atoms with E-state index in [4.69, 9.17) is 4.74 Å². The minimum Gasteiger partial charge on any atom is -0.455 e. The Morgan fingerprint density at radius 2 is 1.69 bits per heavy atom. The van der Waals surface area contributed by atoms with Crippen LogP contribution in [0.1, 0.15) is 28.7 Å². The van der Waals surface area contributed by atoms with Crippen LogP contribution in [0.3, 0.4) is 0 Å². The number of carbonyl (C=O) groups excluding carboxylic acids is 3. The second-order valence-electron chi connectivity index (χ2n) is 7.68. The van der Waals surface area contributed by atoms with Crippen molar-refractivity contribution in [1.82, 2.24) is 0 Å². The average Bonchev–Trinajstić information content (AvgIpc) is 3.00. The number of rotatable bonds is 5. The predicted octanol–water partition coefficient (Wildman–Crippen LogP) is 3.46. The molecule has 29 heavy (non-hydrogen) atoms. The van der Waals surface area contributed by atoms with Crippen LogP contribution in [0.15, 0.2) is 36.4 Å². The molecule has 1 heterocycles. The van der Waals surface area contributed by atoms with E-state index < -0.39 is 17.8 Å². The Hall–Kier alpha value is -3.15. The monoisotopic (exact) mass is 394 g/mol. The Kier molecular flexibility index (Phi) is 6.01. The molecular formula is C23H26N2O4. The number of aryl methyl sites for hydroxylation is 4. The Morgan fingerprint density at radius 1 is 1.07 bits per heavy atom. The third kappa shape index (κ3) is 4.83. The summed E-state index contributed by atoms with van der Waals surface area (Å²) in [6.07, 6.45) is 0.0886. The fourth-order valence-corrected chi connectivity index (χ4v) is 3.81. The molecule has 0 spiro atoms. The molecule has 1 saturated heterocycles. The van der Waals surface area contributed by atoms with Crippen LogP contribution in [0.4, 0.5) is 11.4 Å². The highest BCUT2D eigenvalue weighted by Gasteiger charge is 2.37. The first-order chi connectivity index (χ1) is 13.7. The molecule has 2 aromatic rings. The number of nitrogens with one attached hydrogen (secondary N) is 1. The quantitative estimate of drug-likeness (QED) is 0.788. The maximum Gasteiger partial charge on any atom is 0.311 e. The smallest absolute Gasteiger partial charge is 0.311 e. The highest BCUT2D eigenvalue weighted by atomic mass is 16.5. The van der Waals surface area contributed by atoms with Gasteiger partial charge >= 0.3 is 5.97 Å². The van der Waals surface area contributed by atoms with Crippen molar-refractivity contribution in [2.75, 3.05) is 23.4 Å². The van der Waals surface area contributed by atoms with Crippen LogP contribution >= 0.6 is 0 Å². The summed E-state index contributed by atoms with van der Waals surface area (Å²) >= 11 is 0. The lowest BCUT2D eigenvalue weighted by molar-refractivity contribution is -0.151. The average molecular weight is 394 g/mol. The fourth-order valence-electron chi connectivity index (χ4n) is 3.81. The molecule has 0 saturated carbocycles. The highest BCUT2D eigenvalue weighted by molar-refractivity contribution is 6.01. The van der Waals surface area contributed by atoms with Crippen LogP contribution in [0.25, 0.3) is 0 Å². The molecule has 6 heteroatoms. The minimum absolute atomic E-state index is 0.0886. The zero-order valence-corrected chi connectivity index (χ0v) is 17.2. The third-order valence-corrected chi connectivity index (χ3v) is 5.02. The van der Waals surface area contributed by atoms with Crippen molar-refractivity contribution in [2.45, 2.75) is 34.1 Å². The molecule has 3 rings (SSSR count). The number of nitrogens with zero attached hydrogens (tertiary/aromatic N) is 1. The summed E-state index contributed by atoms with van der Waals surface area (Å²) in [5, 5.41) is 2.73. The Balaban J connectivity index is 1.57. The van der Waals surface area contributed by atoms with Gasteiger partial charge in [-0.15, -0.1) is 0 Å². The summed E-state index contributed by atoms with van der Waals surface area (Å²) < 4.78 is 5.18. The molecule has 152 valence electrons. The van der Waals surface area contributed by atoms with Gasteiger partial charge < -0.3 is 15.0 Å². The number of para-hydroxylation sites is 1. The number of esters is 1. The maximum absolute atomic E-state index is 12.5. The first kappa shape index (κ1) is 20.6. The van der Waals surface area contributed by atoms with Crippen molar-refractivity contribution in [1.29, 1.82) is 0 Å². The molecule has 1 aliphatic heterocycles. The van der Waals surface area contributed by atoms with E-state index in [9.17, 15) is 14.4 Å². The number of carbonyl (C=O) groups is 3. The van der Waals surface area contributed by atoms with E-state index in [1.807, 2.05) is 64.1 Å². The van der Waals surface area contributed by atoms with E-state index >= 15 is 0 Å². The van der Waals surface area contributed by atoms with Crippen molar-refractivity contribution in [3.8, 4) is 0 Å². The van der Waals surface area contributed by atoms with Crippen molar-refractivity contribution in [2.24, 2.45) is 5.92 Å². The summed E-state index contributed by atoms with van der Waals surface area (Å²) in [4.78, 5) is 38.7. The zero-order valence-electron chi connectivity index (χ0n) is 17.2. The summed E-state index contributed by atoms with van der Waals surface area (Å²) in [6.45, 7) is 7.67. The van der Waals surface area contributed by atoms with E-state index in [0.717, 1.165) is 27.9 Å². The van der Waals surface area contributed by atoms with E-state index in [2.05, 4.69) is 5.32 Å². The summed E-state index contributed by atoms with van der Waals surface area (Å²) in [7, 11) is 0. The predicted molar refractivity (Wildman–Crippen MR) is 112 cm³/mol. The minimum atomic E-state index is -0.574. The molecule has 2 amide bonds. The maximum atomic E-state index is 12.5. The van der Waals surface area contributed by atoms with Gasteiger partial charge in [-0.25, -0.2) is 0 Å². The van der Waals surface area contributed by atoms with Crippen LogP contribution in [0.2, 0.25) is 0 Å². The molecule has 0 aliphatic carbocycles. The molecule has 1 aliphatic rings. The van der Waals surface area contributed by atoms with E-state index in [1.54, 1.807) is 4.90 Å². The number of amides is 2. The van der Waals surface area contributed by atoms with Crippen LogP contribution < -0.4 is 10.2 Å². The van der Waals surface area contributed by atoms with Gasteiger partial charge in [-0.1, -0.05) is 24.3 Å². The van der Waals surface area contributed by atoms with E-state index in [-0.39, 0.29) is 25.5 Å². The molecular weight excluding hydrogens is 368 g/mol. The molecule has 0 radical (unpaired) electrons. The molecule has 2 aromatic carbocycles. The van der Waals surface area contributed by atoms with Crippen LogP contribution in [0, 0.1) is 33.6 Å². The van der Waals surface area contributed by atoms with Gasteiger partial charge in [0, 0.05) is 24.3 Å². The standard InChI is InChI=1S/C23H26N2O4/c1-14-8-15(2)10-19(9-14)24-20(26)13-29-23(28)18-11-21(27)25(12-18)22-16(3)6-5-7-17(22)4/h5-10,18H,11-13H2,1-4H3,(H,24,26)/t18-/m0/s1. The topological polar surface area (TPSA) is 75.7 Å². The Labute approximate surface area is 170 Å². The van der Waals surface area contributed by atoms with Gasteiger partial charge in [0.2, 0.25) is 5.91 Å². The fraction of sp³-hybridized carbons (Fsp3) is 0.348. The van der Waals surface area contributed by atoms with Gasteiger partial charge in [0.15, 0.2) is 6.61 Å². The van der Waals surface area contributed by atoms with E-state index in [1.165, 1.54) is 0 Å². The van der Waals surface area contributed by atoms with Gasteiger partial charge in [0.1, 0.15) is 0 Å². The highest BCUT2D eigenvalue weighted by Crippen LogP contribution is 2.31. The van der Waals surface area contributed by atoms with Gasteiger partial charge in [-0.05, 0) is 62.1 Å². The Morgan fingerprint density at radius 3 is 2.31 bits per heavy atom. The molecule has 0 unspecified atom stereocenters. The number of hydrogen-bond donors (Lipinski definition) is 1. The lowest BCUT2D eigenvalue weighted by Gasteiger charge is -2.21. The molecule has 1 atom stereocenters. The number of ether oxygens (including phenoxy) is 1. The third-order valence-electron chi connectivity index (χ3n) is 5.02. The SMILES string of the molecule is Cc1cc(C)cc(NC(=O)COC(=O)[C@H]2CC(=O)N(c3c(C)cccc3C)C2)c1. The molecule has 0 aromatic heterocycles. The van der Waals surface area contributed by atoms with E-state index in [0.29, 0.717) is 5.69 Å². The van der Waals surface area contributed by atoms with Gasteiger partial charge in [0.25, 0.3) is 5.91 Å². The Bertz CT molecular complexity index is 927. The van der Waals surface area contributed by atoms with Crippen LogP contribution in [-0.2, 0) is 19.1 Å². The van der Waals surface area contributed by atoms with Gasteiger partial charge in [-0.2, -0.15) is 0 Å². The zero-order chi connectivity index (χ0) is 21.1. The van der Waals surface area contributed by atoms with Gasteiger partial charge in [-0.3, -0.25) is 14.4 Å². The first-order valence-corrected chi connectivity index (χ1v) is 9.66. The second-order valence-corrected chi connectivity index (χ2v) is 7.68. The number of hydrogen-bond acceptors (Lipinski definition) is 4.